The molecule has 0 saturated carbocycles. The molecule has 1 aliphatic rings. The van der Waals surface area contributed by atoms with E-state index in [0.29, 0.717) is 43.5 Å². The number of anilines is 2. The second kappa shape index (κ2) is 9.88. The minimum atomic E-state index is -0.310. The molecule has 35 heavy (non-hydrogen) atoms. The summed E-state index contributed by atoms with van der Waals surface area (Å²) in [5, 5.41) is 6.51. The smallest absolute Gasteiger partial charge is 0.262 e. The van der Waals surface area contributed by atoms with Gasteiger partial charge in [-0.15, -0.1) is 11.8 Å². The van der Waals surface area contributed by atoms with Crippen LogP contribution in [0.3, 0.4) is 0 Å². The number of H-pyrrole nitrogens is 1. The molecule has 0 radical (unpaired) electrons. The summed E-state index contributed by atoms with van der Waals surface area (Å²) in [6.45, 7) is 0. The van der Waals surface area contributed by atoms with Crippen molar-refractivity contribution in [1.29, 1.82) is 0 Å². The van der Waals surface area contributed by atoms with Crippen LogP contribution in [0.1, 0.15) is 10.4 Å². The van der Waals surface area contributed by atoms with Gasteiger partial charge in [-0.2, -0.15) is 0 Å². The van der Waals surface area contributed by atoms with E-state index in [2.05, 4.69) is 32.4 Å². The van der Waals surface area contributed by atoms with Crippen LogP contribution in [-0.2, 0) is 4.79 Å². The van der Waals surface area contributed by atoms with Gasteiger partial charge in [0.2, 0.25) is 0 Å². The zero-order valence-corrected chi connectivity index (χ0v) is 20.3. The Hall–Kier alpha value is -3.70. The van der Waals surface area contributed by atoms with Crippen LogP contribution in [0.15, 0.2) is 71.6 Å². The first-order valence-electron chi connectivity index (χ1n) is 10.4. The largest absolute Gasteiger partial charge is 0.338 e. The van der Waals surface area contributed by atoms with Gasteiger partial charge in [0.05, 0.1) is 21.7 Å². The van der Waals surface area contributed by atoms with Gasteiger partial charge in [-0.3, -0.25) is 9.59 Å². The lowest BCUT2D eigenvalue weighted by molar-refractivity contribution is -0.112. The highest BCUT2D eigenvalue weighted by Crippen LogP contribution is 2.26. The number of hydrogen-bond donors (Lipinski definition) is 3. The van der Waals surface area contributed by atoms with Crippen molar-refractivity contribution in [2.75, 3.05) is 16.4 Å². The number of thioether (sulfide) groups is 1. The van der Waals surface area contributed by atoms with Crippen LogP contribution in [0.5, 0.6) is 0 Å². The maximum atomic E-state index is 12.5. The van der Waals surface area contributed by atoms with Crippen molar-refractivity contribution in [3.63, 3.8) is 0 Å². The molecule has 1 aromatic heterocycles. The zero-order valence-electron chi connectivity index (χ0n) is 18.0. The highest BCUT2D eigenvalue weighted by molar-refractivity contribution is 8.04. The van der Waals surface area contributed by atoms with Crippen molar-refractivity contribution in [2.24, 2.45) is 0 Å². The van der Waals surface area contributed by atoms with E-state index in [0.717, 1.165) is 16.6 Å². The van der Waals surface area contributed by atoms with Crippen LogP contribution in [0.2, 0.25) is 10.0 Å². The molecule has 0 unspecified atom stereocenters. The number of benzene rings is 3. The van der Waals surface area contributed by atoms with Gasteiger partial charge in [-0.1, -0.05) is 35.0 Å². The van der Waals surface area contributed by atoms with Crippen LogP contribution in [0, 0.1) is 11.8 Å². The molecule has 0 spiro atoms. The Morgan fingerprint density at radius 1 is 0.914 bits per heavy atom. The maximum absolute atomic E-state index is 12.5. The Labute approximate surface area is 215 Å². The van der Waals surface area contributed by atoms with E-state index in [1.165, 1.54) is 11.8 Å². The molecule has 0 bridgehead atoms. The lowest BCUT2D eigenvalue weighted by atomic mass is 10.1. The molecule has 3 N–H and O–H groups in total. The van der Waals surface area contributed by atoms with Crippen LogP contribution in [0.25, 0.3) is 22.4 Å². The van der Waals surface area contributed by atoms with E-state index in [1.807, 2.05) is 30.3 Å². The van der Waals surface area contributed by atoms with Crippen molar-refractivity contribution in [1.82, 2.24) is 9.97 Å². The Morgan fingerprint density at radius 2 is 1.63 bits per heavy atom. The quantitative estimate of drug-likeness (QED) is 0.268. The van der Waals surface area contributed by atoms with Gasteiger partial charge in [0.15, 0.2) is 0 Å². The van der Waals surface area contributed by atoms with E-state index in [9.17, 15) is 9.59 Å². The molecule has 1 aliphatic heterocycles. The van der Waals surface area contributed by atoms with Crippen LogP contribution in [0.4, 0.5) is 11.4 Å². The van der Waals surface area contributed by atoms with E-state index in [-0.39, 0.29) is 11.8 Å². The number of carbonyl (C=O) groups is 2. The molecule has 3 aromatic carbocycles. The molecule has 2 amide bonds. The molecule has 0 aliphatic carbocycles. The molecule has 6 nitrogen and oxygen atoms in total. The van der Waals surface area contributed by atoms with Gasteiger partial charge in [0.1, 0.15) is 5.82 Å². The first-order chi connectivity index (χ1) is 16.9. The van der Waals surface area contributed by atoms with Crippen molar-refractivity contribution < 1.29 is 9.59 Å². The van der Waals surface area contributed by atoms with E-state index in [1.54, 1.807) is 36.4 Å². The maximum Gasteiger partial charge on any atom is 0.262 e. The standard InChI is InChI=1S/C26H16Cl2N4O2S/c27-17-11-16(12-18(28)13-17)25(33)29-19-6-4-15(5-7-19)24-31-21-9-8-20(14-22(21)32-24)30-26(34)23-3-1-2-10-35-23/h3-9,11-14H,10H2,(H,29,33)(H,30,34)(H,31,32). The van der Waals surface area contributed by atoms with Gasteiger partial charge < -0.3 is 15.6 Å². The monoisotopic (exact) mass is 518 g/mol. The molecular formula is C26H16Cl2N4O2S. The van der Waals surface area contributed by atoms with Gasteiger partial charge in [-0.05, 0) is 60.7 Å². The molecule has 172 valence electrons. The molecule has 0 atom stereocenters. The number of aromatic nitrogens is 2. The minimum absolute atomic E-state index is 0.180. The lowest BCUT2D eigenvalue weighted by Gasteiger charge is -2.08. The summed E-state index contributed by atoms with van der Waals surface area (Å²) in [6, 6.07) is 17.5. The summed E-state index contributed by atoms with van der Waals surface area (Å²) < 4.78 is 0. The van der Waals surface area contributed by atoms with Gasteiger partial charge >= 0.3 is 0 Å². The third kappa shape index (κ3) is 5.36. The number of aromatic amines is 1. The summed E-state index contributed by atoms with van der Waals surface area (Å²) in [5.41, 5.74) is 4.06. The highest BCUT2D eigenvalue weighted by Gasteiger charge is 2.13. The molecular weight excluding hydrogens is 503 g/mol. The third-order valence-corrected chi connectivity index (χ3v) is 6.45. The molecule has 2 heterocycles. The topological polar surface area (TPSA) is 86.9 Å². The summed E-state index contributed by atoms with van der Waals surface area (Å²) in [5.74, 6) is 6.54. The number of nitrogens with zero attached hydrogens (tertiary/aromatic N) is 1. The zero-order chi connectivity index (χ0) is 24.4. The van der Waals surface area contributed by atoms with Crippen LogP contribution < -0.4 is 10.6 Å². The second-order valence-electron chi connectivity index (χ2n) is 7.58. The Morgan fingerprint density at radius 3 is 2.34 bits per heavy atom. The summed E-state index contributed by atoms with van der Waals surface area (Å²) in [7, 11) is 0. The van der Waals surface area contributed by atoms with Crippen LogP contribution in [-0.4, -0.2) is 27.5 Å². The number of amides is 2. The second-order valence-corrected chi connectivity index (χ2v) is 9.47. The number of hydrogen-bond acceptors (Lipinski definition) is 4. The molecule has 5 rings (SSSR count). The summed E-state index contributed by atoms with van der Waals surface area (Å²) >= 11 is 13.4. The first-order valence-corrected chi connectivity index (χ1v) is 12.2. The average molecular weight is 519 g/mol. The fraction of sp³-hybridized carbons (Fsp3) is 0.0385. The highest BCUT2D eigenvalue weighted by atomic mass is 35.5. The molecule has 9 heteroatoms. The number of halogens is 2. The number of fused-ring (bicyclic) bond motifs is 1. The third-order valence-electron chi connectivity index (χ3n) is 5.11. The van der Waals surface area contributed by atoms with Gasteiger partial charge in [-0.25, -0.2) is 4.98 Å². The minimum Gasteiger partial charge on any atom is -0.338 e. The fourth-order valence-electron chi connectivity index (χ4n) is 3.46. The predicted molar refractivity (Wildman–Crippen MR) is 143 cm³/mol. The van der Waals surface area contributed by atoms with E-state index >= 15 is 0 Å². The summed E-state index contributed by atoms with van der Waals surface area (Å²) in [6.07, 6.45) is 1.63. The average Bonchev–Trinajstić information content (AvgIpc) is 3.28. The van der Waals surface area contributed by atoms with Gasteiger partial charge in [0.25, 0.3) is 11.8 Å². The van der Waals surface area contributed by atoms with E-state index < -0.39 is 0 Å². The number of nitrogens with one attached hydrogen (secondary N) is 3. The Bertz CT molecular complexity index is 1550. The normalized spacial score (nSPS) is 12.5. The van der Waals surface area contributed by atoms with Crippen molar-refractivity contribution in [2.45, 2.75) is 0 Å². The Kier molecular flexibility index (Phi) is 6.51. The van der Waals surface area contributed by atoms with Crippen molar-refractivity contribution >= 4 is 69.2 Å². The van der Waals surface area contributed by atoms with Gasteiger partial charge in [0, 0.05) is 38.6 Å². The van der Waals surface area contributed by atoms with Crippen LogP contribution >= 0.6 is 35.0 Å². The first kappa shape index (κ1) is 23.1. The van der Waals surface area contributed by atoms with Crippen molar-refractivity contribution in [3.05, 3.63) is 87.3 Å². The lowest BCUT2D eigenvalue weighted by Crippen LogP contribution is -2.13. The molecule has 4 aromatic rings. The SMILES string of the molecule is O=C(Nc1ccc2nc(-c3ccc(NC(=O)c4cc(Cl)cc(Cl)c4)cc3)[nH]c2c1)C1=CC#CCS1. The fourth-order valence-corrected chi connectivity index (χ4v) is 4.62. The summed E-state index contributed by atoms with van der Waals surface area (Å²) in [4.78, 5) is 33.4. The number of allylic oxidation sites excluding steroid dienone is 1. The molecule has 0 saturated heterocycles. The predicted octanol–water partition coefficient (Wildman–Crippen LogP) is 6.36. The number of carbonyl (C=O) groups excluding carboxylic acids is 2. The molecule has 0 fully saturated rings. The Balaban J connectivity index is 1.30. The number of rotatable bonds is 5. The number of imidazole rings is 1. The van der Waals surface area contributed by atoms with E-state index in [4.69, 9.17) is 23.2 Å². The van der Waals surface area contributed by atoms with Crippen molar-refractivity contribution in [3.8, 4) is 23.2 Å².